The van der Waals surface area contributed by atoms with Crippen molar-refractivity contribution < 1.29 is 9.90 Å². The molecule has 3 heterocycles. The van der Waals surface area contributed by atoms with E-state index in [1.54, 1.807) is 0 Å². The number of benzene rings is 2. The molecule has 5 rings (SSSR count). The average Bonchev–Trinajstić information content (AvgIpc) is 3.08. The first kappa shape index (κ1) is 16.8. The highest BCUT2D eigenvalue weighted by Gasteiger charge is 2.19. The zero-order valence-electron chi connectivity index (χ0n) is 15.3. The molecule has 0 spiro atoms. The van der Waals surface area contributed by atoms with Crippen LogP contribution >= 0.6 is 0 Å². The van der Waals surface area contributed by atoms with Crippen LogP contribution in [0, 0.1) is 0 Å². The first-order valence-corrected chi connectivity index (χ1v) is 9.41. The van der Waals surface area contributed by atoms with Crippen molar-refractivity contribution in [1.82, 2.24) is 20.2 Å². The first-order valence-electron chi connectivity index (χ1n) is 9.41. The Hall–Kier alpha value is -3.38. The summed E-state index contributed by atoms with van der Waals surface area (Å²) in [5.74, 6) is 0.167. The van der Waals surface area contributed by atoms with Gasteiger partial charge in [-0.2, -0.15) is 0 Å². The lowest BCUT2D eigenvalue weighted by Gasteiger charge is -2.27. The van der Waals surface area contributed by atoms with E-state index in [1.807, 2.05) is 59.5 Å². The first-order chi connectivity index (χ1) is 13.7. The van der Waals surface area contributed by atoms with Crippen LogP contribution in [0.1, 0.15) is 10.4 Å². The summed E-state index contributed by atoms with van der Waals surface area (Å²) in [6.07, 6.45) is 0. The van der Waals surface area contributed by atoms with E-state index in [1.165, 1.54) is 0 Å². The van der Waals surface area contributed by atoms with E-state index in [-0.39, 0.29) is 11.8 Å². The Morgan fingerprint density at radius 3 is 2.71 bits per heavy atom. The highest BCUT2D eigenvalue weighted by atomic mass is 16.3. The second-order valence-electron chi connectivity index (χ2n) is 7.04. The second-order valence-corrected chi connectivity index (χ2v) is 7.04. The van der Waals surface area contributed by atoms with Gasteiger partial charge in [-0.05, 0) is 30.3 Å². The topological polar surface area (TPSA) is 81.2 Å². The van der Waals surface area contributed by atoms with Crippen LogP contribution in [0.4, 0.5) is 0 Å². The molecule has 1 fully saturated rings. The molecule has 1 aliphatic rings. The zero-order chi connectivity index (χ0) is 19.1. The summed E-state index contributed by atoms with van der Waals surface area (Å²) in [6, 6.07) is 17.2. The van der Waals surface area contributed by atoms with Crippen molar-refractivity contribution in [2.24, 2.45) is 0 Å². The van der Waals surface area contributed by atoms with E-state index >= 15 is 0 Å². The maximum Gasteiger partial charge on any atom is 0.253 e. The van der Waals surface area contributed by atoms with Crippen molar-refractivity contribution in [2.75, 3.05) is 26.2 Å². The zero-order valence-corrected chi connectivity index (χ0v) is 15.3. The minimum absolute atomic E-state index is 0.0572. The van der Waals surface area contributed by atoms with Crippen molar-refractivity contribution >= 4 is 27.7 Å². The molecular weight excluding hydrogens is 352 g/mol. The van der Waals surface area contributed by atoms with Gasteiger partial charge in [-0.1, -0.05) is 24.3 Å². The normalized spacial score (nSPS) is 14.6. The Balaban J connectivity index is 1.53. The van der Waals surface area contributed by atoms with Crippen molar-refractivity contribution in [3.63, 3.8) is 0 Å². The predicted molar refractivity (Wildman–Crippen MR) is 109 cm³/mol. The van der Waals surface area contributed by atoms with Crippen LogP contribution < -0.4 is 5.32 Å². The number of hydrogen-bond donors (Lipinski definition) is 3. The van der Waals surface area contributed by atoms with Crippen LogP contribution in [0.25, 0.3) is 33.1 Å². The molecule has 0 radical (unpaired) electrons. The number of aromatic amines is 1. The van der Waals surface area contributed by atoms with Gasteiger partial charge < -0.3 is 20.3 Å². The molecule has 6 heteroatoms. The molecule has 4 aromatic rings. The smallest absolute Gasteiger partial charge is 0.253 e. The molecule has 2 aromatic carbocycles. The molecule has 6 nitrogen and oxygen atoms in total. The molecule has 0 bridgehead atoms. The fraction of sp³-hybridized carbons (Fsp3) is 0.182. The number of fused-ring (bicyclic) bond motifs is 2. The van der Waals surface area contributed by atoms with E-state index in [9.17, 15) is 9.90 Å². The fourth-order valence-corrected chi connectivity index (χ4v) is 3.84. The number of aromatic hydroxyl groups is 1. The Labute approximate surface area is 161 Å². The van der Waals surface area contributed by atoms with Gasteiger partial charge in [0.2, 0.25) is 0 Å². The van der Waals surface area contributed by atoms with E-state index in [0.29, 0.717) is 16.8 Å². The van der Waals surface area contributed by atoms with Crippen molar-refractivity contribution in [2.45, 2.75) is 0 Å². The number of aromatic nitrogens is 2. The Morgan fingerprint density at radius 1 is 1.04 bits per heavy atom. The van der Waals surface area contributed by atoms with Gasteiger partial charge in [0.05, 0.1) is 16.8 Å². The van der Waals surface area contributed by atoms with Gasteiger partial charge in [0, 0.05) is 48.0 Å². The maximum atomic E-state index is 12.7. The summed E-state index contributed by atoms with van der Waals surface area (Å²) in [6.45, 7) is 3.12. The molecule has 0 unspecified atom stereocenters. The van der Waals surface area contributed by atoms with Crippen LogP contribution in [0.5, 0.6) is 5.88 Å². The van der Waals surface area contributed by atoms with Crippen LogP contribution in [0.3, 0.4) is 0 Å². The number of nitrogens with one attached hydrogen (secondary N) is 2. The summed E-state index contributed by atoms with van der Waals surface area (Å²) < 4.78 is 0. The lowest BCUT2D eigenvalue weighted by molar-refractivity contribution is 0.0736. The van der Waals surface area contributed by atoms with Gasteiger partial charge in [-0.25, -0.2) is 4.98 Å². The van der Waals surface area contributed by atoms with Crippen LogP contribution in [-0.2, 0) is 0 Å². The summed E-state index contributed by atoms with van der Waals surface area (Å²) in [5.41, 5.74) is 3.73. The minimum atomic E-state index is 0.0572. The molecule has 1 saturated heterocycles. The highest BCUT2D eigenvalue weighted by molar-refractivity contribution is 6.00. The Morgan fingerprint density at radius 2 is 1.86 bits per heavy atom. The van der Waals surface area contributed by atoms with Gasteiger partial charge in [-0.3, -0.25) is 4.79 Å². The summed E-state index contributed by atoms with van der Waals surface area (Å²) in [4.78, 5) is 22.3. The molecule has 1 aliphatic heterocycles. The summed E-state index contributed by atoms with van der Waals surface area (Å²) in [5, 5.41) is 15.5. The number of carbonyl (C=O) groups is 1. The highest BCUT2D eigenvalue weighted by Crippen LogP contribution is 2.36. The van der Waals surface area contributed by atoms with Crippen molar-refractivity contribution in [1.29, 1.82) is 0 Å². The largest absolute Gasteiger partial charge is 0.494 e. The average molecular weight is 372 g/mol. The minimum Gasteiger partial charge on any atom is -0.494 e. The van der Waals surface area contributed by atoms with Gasteiger partial charge in [0.15, 0.2) is 5.88 Å². The van der Waals surface area contributed by atoms with Crippen LogP contribution in [-0.4, -0.2) is 52.1 Å². The number of amides is 1. The van der Waals surface area contributed by atoms with Crippen molar-refractivity contribution in [3.05, 3.63) is 60.2 Å². The SMILES string of the molecule is O=C(c1ccc2nc(-c3c(O)[nH]c4ccccc34)ccc2c1)N1CCNCC1. The molecule has 1 amide bonds. The predicted octanol–water partition coefficient (Wildman–Crippen LogP) is 3.13. The molecule has 140 valence electrons. The van der Waals surface area contributed by atoms with Crippen molar-refractivity contribution in [3.8, 4) is 17.1 Å². The summed E-state index contributed by atoms with van der Waals surface area (Å²) >= 11 is 0. The van der Waals surface area contributed by atoms with Gasteiger partial charge in [0.25, 0.3) is 5.91 Å². The van der Waals surface area contributed by atoms with Crippen LogP contribution in [0.15, 0.2) is 54.6 Å². The Kier molecular flexibility index (Phi) is 3.98. The molecule has 0 aliphatic carbocycles. The third-order valence-electron chi connectivity index (χ3n) is 5.28. The van der Waals surface area contributed by atoms with Gasteiger partial charge in [-0.15, -0.1) is 0 Å². The van der Waals surface area contributed by atoms with Crippen LogP contribution in [0.2, 0.25) is 0 Å². The number of hydrogen-bond acceptors (Lipinski definition) is 4. The molecular formula is C22H20N4O2. The molecule has 2 aromatic heterocycles. The maximum absolute atomic E-state index is 12.7. The summed E-state index contributed by atoms with van der Waals surface area (Å²) in [7, 11) is 0. The lowest BCUT2D eigenvalue weighted by Crippen LogP contribution is -2.46. The standard InChI is InChI=1S/C22H20N4O2/c27-21-20(16-3-1-2-4-18(16)25-21)19-8-5-14-13-15(6-7-17(14)24-19)22(28)26-11-9-23-10-12-26/h1-8,13,23,25,27H,9-12H2. The third-order valence-corrected chi connectivity index (χ3v) is 5.28. The fourth-order valence-electron chi connectivity index (χ4n) is 3.84. The van der Waals surface area contributed by atoms with E-state index < -0.39 is 0 Å². The molecule has 0 saturated carbocycles. The van der Waals surface area contributed by atoms with E-state index in [2.05, 4.69) is 10.3 Å². The number of H-pyrrole nitrogens is 1. The number of para-hydroxylation sites is 1. The number of nitrogens with zero attached hydrogens (tertiary/aromatic N) is 2. The number of rotatable bonds is 2. The third kappa shape index (κ3) is 2.78. The van der Waals surface area contributed by atoms with Gasteiger partial charge >= 0.3 is 0 Å². The quantitative estimate of drug-likeness (QED) is 0.505. The number of carbonyl (C=O) groups excluding carboxylic acids is 1. The number of piperazine rings is 1. The molecule has 3 N–H and O–H groups in total. The second kappa shape index (κ2) is 6.65. The van der Waals surface area contributed by atoms with E-state index in [0.717, 1.165) is 48.0 Å². The monoisotopic (exact) mass is 372 g/mol. The number of pyridine rings is 1. The Bertz CT molecular complexity index is 1190. The molecule has 0 atom stereocenters. The van der Waals surface area contributed by atoms with E-state index in [4.69, 9.17) is 4.98 Å². The molecule has 28 heavy (non-hydrogen) atoms. The lowest BCUT2D eigenvalue weighted by atomic mass is 10.1. The van der Waals surface area contributed by atoms with Gasteiger partial charge in [0.1, 0.15) is 0 Å².